The van der Waals surface area contributed by atoms with Crippen molar-refractivity contribution >= 4 is 61.1 Å². The van der Waals surface area contributed by atoms with Crippen molar-refractivity contribution in [1.29, 1.82) is 5.26 Å². The van der Waals surface area contributed by atoms with Crippen LogP contribution in [0.1, 0.15) is 11.1 Å². The first-order valence-corrected chi connectivity index (χ1v) is 8.62. The normalized spacial score (nSPS) is 11.1. The summed E-state index contributed by atoms with van der Waals surface area (Å²) < 4.78 is 15.1. The Balaban J connectivity index is 2.38. The quantitative estimate of drug-likeness (QED) is 0.450. The van der Waals surface area contributed by atoms with Crippen molar-refractivity contribution in [3.05, 3.63) is 66.8 Å². The number of hydrogen-bond donors (Lipinski definition) is 1. The number of carbonyl (C=O) groups excluding carboxylic acids is 1. The van der Waals surface area contributed by atoms with Gasteiger partial charge in [-0.3, -0.25) is 4.79 Å². The molecule has 0 aliphatic rings. The lowest BCUT2D eigenvalue weighted by Crippen LogP contribution is -2.14. The van der Waals surface area contributed by atoms with Gasteiger partial charge in [-0.15, -0.1) is 0 Å². The van der Waals surface area contributed by atoms with Crippen LogP contribution in [0.3, 0.4) is 0 Å². The Bertz CT molecular complexity index is 847. The van der Waals surface area contributed by atoms with Crippen molar-refractivity contribution in [2.45, 2.75) is 6.92 Å². The fourth-order valence-electron chi connectivity index (χ4n) is 1.94. The molecule has 0 heterocycles. The third kappa shape index (κ3) is 4.23. The van der Waals surface area contributed by atoms with Crippen molar-refractivity contribution in [2.75, 3.05) is 5.32 Å². The Kier molecular flexibility index (Phi) is 6.16. The third-order valence-electron chi connectivity index (χ3n) is 3.08. The summed E-state index contributed by atoms with van der Waals surface area (Å²) in [5.74, 6) is -1.28. The summed E-state index contributed by atoms with van der Waals surface area (Å²) >= 11 is 12.6. The number of aryl methyl sites for hydroxylation is 1. The highest BCUT2D eigenvalue weighted by atomic mass is 79.9. The van der Waals surface area contributed by atoms with E-state index in [1.54, 1.807) is 6.07 Å². The van der Waals surface area contributed by atoms with E-state index in [2.05, 4.69) is 37.2 Å². The molecule has 1 amide bonds. The average molecular weight is 473 g/mol. The molecule has 0 fully saturated rings. The minimum absolute atomic E-state index is 0.00657. The van der Waals surface area contributed by atoms with Gasteiger partial charge >= 0.3 is 0 Å². The number of rotatable bonds is 3. The molecule has 0 aromatic heterocycles. The Morgan fingerprint density at radius 1 is 1.33 bits per heavy atom. The van der Waals surface area contributed by atoms with E-state index in [0.29, 0.717) is 14.6 Å². The van der Waals surface area contributed by atoms with Crippen molar-refractivity contribution in [1.82, 2.24) is 0 Å². The predicted octanol–water partition coefficient (Wildman–Crippen LogP) is 5.86. The fourth-order valence-corrected chi connectivity index (χ4v) is 3.77. The first-order chi connectivity index (χ1) is 11.3. The Hall–Kier alpha value is -1.68. The van der Waals surface area contributed by atoms with Gasteiger partial charge in [-0.1, -0.05) is 17.7 Å². The van der Waals surface area contributed by atoms with Crippen LogP contribution in [0.4, 0.5) is 10.1 Å². The zero-order valence-electron chi connectivity index (χ0n) is 12.3. The summed E-state index contributed by atoms with van der Waals surface area (Å²) in [6.45, 7) is 1.90. The fraction of sp³-hybridized carbons (Fsp3) is 0.0588. The molecule has 0 aliphatic heterocycles. The number of nitrogens with one attached hydrogen (secondary N) is 1. The molecule has 0 unspecified atom stereocenters. The highest BCUT2D eigenvalue weighted by Crippen LogP contribution is 2.32. The molecule has 0 saturated heterocycles. The number of amides is 1. The average Bonchev–Trinajstić information content (AvgIpc) is 2.50. The van der Waals surface area contributed by atoms with Crippen LogP contribution >= 0.6 is 43.5 Å². The summed E-state index contributed by atoms with van der Waals surface area (Å²) in [4.78, 5) is 12.4. The SMILES string of the molecule is Cc1cc(Br)c(NC(=O)/C(C#N)=C/c2c(F)cccc2Cl)c(Br)c1. The Morgan fingerprint density at radius 3 is 2.50 bits per heavy atom. The van der Waals surface area contributed by atoms with E-state index in [9.17, 15) is 14.4 Å². The largest absolute Gasteiger partial charge is 0.319 e. The lowest BCUT2D eigenvalue weighted by atomic mass is 10.1. The monoisotopic (exact) mass is 470 g/mol. The number of nitriles is 1. The molecule has 0 atom stereocenters. The summed E-state index contributed by atoms with van der Waals surface area (Å²) in [5, 5.41) is 12.0. The van der Waals surface area contributed by atoms with Gasteiger partial charge < -0.3 is 5.32 Å². The number of anilines is 1. The summed E-state index contributed by atoms with van der Waals surface area (Å²) in [6, 6.07) is 9.55. The van der Waals surface area contributed by atoms with Gasteiger partial charge in [0.15, 0.2) is 0 Å². The highest BCUT2D eigenvalue weighted by Gasteiger charge is 2.15. The smallest absolute Gasteiger partial charge is 0.266 e. The maximum atomic E-state index is 13.8. The molecule has 2 rings (SSSR count). The molecule has 7 heteroatoms. The maximum absolute atomic E-state index is 13.8. The van der Waals surface area contributed by atoms with E-state index in [0.717, 1.165) is 11.6 Å². The van der Waals surface area contributed by atoms with Gasteiger partial charge in [0, 0.05) is 14.5 Å². The minimum Gasteiger partial charge on any atom is -0.319 e. The van der Waals surface area contributed by atoms with E-state index in [4.69, 9.17) is 11.6 Å². The van der Waals surface area contributed by atoms with Gasteiger partial charge in [-0.2, -0.15) is 5.26 Å². The van der Waals surface area contributed by atoms with Gasteiger partial charge in [-0.25, -0.2) is 4.39 Å². The molecule has 0 aliphatic carbocycles. The molecule has 2 aromatic rings. The molecule has 0 radical (unpaired) electrons. The lowest BCUT2D eigenvalue weighted by molar-refractivity contribution is -0.112. The van der Waals surface area contributed by atoms with Gasteiger partial charge in [0.2, 0.25) is 0 Å². The second-order valence-electron chi connectivity index (χ2n) is 4.86. The molecule has 0 bridgehead atoms. The number of nitrogens with zero attached hydrogens (tertiary/aromatic N) is 1. The summed E-state index contributed by atoms with van der Waals surface area (Å²) in [5.41, 5.74) is 1.20. The molecular formula is C17H10Br2ClFN2O. The van der Waals surface area contributed by atoms with Gasteiger partial charge in [0.1, 0.15) is 17.5 Å². The summed E-state index contributed by atoms with van der Waals surface area (Å²) in [6.07, 6.45) is 1.13. The van der Waals surface area contributed by atoms with Crippen molar-refractivity contribution < 1.29 is 9.18 Å². The number of benzene rings is 2. The van der Waals surface area contributed by atoms with Crippen LogP contribution < -0.4 is 5.32 Å². The predicted molar refractivity (Wildman–Crippen MR) is 100 cm³/mol. The van der Waals surface area contributed by atoms with E-state index in [-0.39, 0.29) is 16.2 Å². The molecule has 24 heavy (non-hydrogen) atoms. The molecule has 0 spiro atoms. The van der Waals surface area contributed by atoms with Gasteiger partial charge in [-0.05, 0) is 74.7 Å². The molecule has 1 N–H and O–H groups in total. The second kappa shape index (κ2) is 7.93. The van der Waals surface area contributed by atoms with E-state index >= 15 is 0 Å². The van der Waals surface area contributed by atoms with Crippen LogP contribution in [0, 0.1) is 24.1 Å². The molecule has 122 valence electrons. The maximum Gasteiger partial charge on any atom is 0.266 e. The Morgan fingerprint density at radius 2 is 1.96 bits per heavy atom. The van der Waals surface area contributed by atoms with E-state index in [1.165, 1.54) is 18.2 Å². The first kappa shape index (κ1) is 18.7. The van der Waals surface area contributed by atoms with Crippen LogP contribution in [-0.4, -0.2) is 5.91 Å². The molecule has 2 aromatic carbocycles. The van der Waals surface area contributed by atoms with Crippen LogP contribution in [0.5, 0.6) is 0 Å². The van der Waals surface area contributed by atoms with Crippen LogP contribution in [0.2, 0.25) is 5.02 Å². The van der Waals surface area contributed by atoms with Crippen LogP contribution in [0.15, 0.2) is 44.9 Å². The third-order valence-corrected chi connectivity index (χ3v) is 4.66. The van der Waals surface area contributed by atoms with Gasteiger partial charge in [0.25, 0.3) is 5.91 Å². The minimum atomic E-state index is -0.665. The van der Waals surface area contributed by atoms with Crippen LogP contribution in [-0.2, 0) is 4.79 Å². The van der Waals surface area contributed by atoms with Crippen molar-refractivity contribution in [3.8, 4) is 6.07 Å². The molecule has 3 nitrogen and oxygen atoms in total. The number of halogens is 4. The lowest BCUT2D eigenvalue weighted by Gasteiger charge is -2.10. The van der Waals surface area contributed by atoms with Gasteiger partial charge in [0.05, 0.1) is 10.7 Å². The van der Waals surface area contributed by atoms with Crippen molar-refractivity contribution in [2.24, 2.45) is 0 Å². The first-order valence-electron chi connectivity index (χ1n) is 6.66. The van der Waals surface area contributed by atoms with E-state index in [1.807, 2.05) is 19.1 Å². The Labute approximate surface area is 160 Å². The molecular weight excluding hydrogens is 462 g/mol. The number of hydrogen-bond acceptors (Lipinski definition) is 2. The topological polar surface area (TPSA) is 52.9 Å². The number of carbonyl (C=O) groups is 1. The molecule has 0 saturated carbocycles. The second-order valence-corrected chi connectivity index (χ2v) is 6.98. The van der Waals surface area contributed by atoms with Crippen LogP contribution in [0.25, 0.3) is 6.08 Å². The standard InChI is InChI=1S/C17H10Br2ClFN2O/c1-9-5-12(18)16(13(19)6-9)23-17(24)10(8-22)7-11-14(20)3-2-4-15(11)21/h2-7H,1H3,(H,23,24)/b10-7+. The summed E-state index contributed by atoms with van der Waals surface area (Å²) in [7, 11) is 0. The zero-order valence-corrected chi connectivity index (χ0v) is 16.3. The van der Waals surface area contributed by atoms with Crippen molar-refractivity contribution in [3.63, 3.8) is 0 Å². The highest BCUT2D eigenvalue weighted by molar-refractivity contribution is 9.11. The zero-order chi connectivity index (χ0) is 17.9. The van der Waals surface area contributed by atoms with E-state index < -0.39 is 11.7 Å².